The zero-order valence-corrected chi connectivity index (χ0v) is 10.8. The number of carbonyl (C=O) groups is 1. The van der Waals surface area contributed by atoms with E-state index in [-0.39, 0.29) is 12.4 Å². The molecule has 0 saturated carbocycles. The molecule has 0 amide bonds. The van der Waals surface area contributed by atoms with Gasteiger partial charge in [-0.3, -0.25) is 4.79 Å². The fourth-order valence-electron chi connectivity index (χ4n) is 1.30. The summed E-state index contributed by atoms with van der Waals surface area (Å²) in [5, 5.41) is 9.66. The van der Waals surface area contributed by atoms with Crippen LogP contribution in [0, 0.1) is 0 Å². The van der Waals surface area contributed by atoms with Gasteiger partial charge in [0.1, 0.15) is 0 Å². The van der Waals surface area contributed by atoms with E-state index >= 15 is 0 Å². The molecule has 0 heterocycles. The number of esters is 1. The fourth-order valence-corrected chi connectivity index (χ4v) is 1.30. The van der Waals surface area contributed by atoms with Crippen LogP contribution in [0.3, 0.4) is 0 Å². The first-order chi connectivity index (χ1) is 7.41. The van der Waals surface area contributed by atoms with Gasteiger partial charge in [0.05, 0.1) is 24.7 Å². The second-order valence-corrected chi connectivity index (χ2v) is 4.60. The van der Waals surface area contributed by atoms with Gasteiger partial charge in [0, 0.05) is 13.5 Å². The molecule has 0 aromatic rings. The second kappa shape index (κ2) is 7.63. The predicted molar refractivity (Wildman–Crippen MR) is 62.2 cm³/mol. The molecule has 0 bridgehead atoms. The number of methoxy groups -OCH3 is 1. The quantitative estimate of drug-likeness (QED) is 0.513. The molecule has 4 nitrogen and oxygen atoms in total. The van der Waals surface area contributed by atoms with Crippen LogP contribution in [-0.2, 0) is 14.3 Å². The highest BCUT2D eigenvalue weighted by Gasteiger charge is 2.23. The first kappa shape index (κ1) is 15.4. The minimum atomic E-state index is -0.705. The molecule has 0 aliphatic heterocycles. The van der Waals surface area contributed by atoms with Crippen molar-refractivity contribution >= 4 is 5.97 Å². The Balaban J connectivity index is 3.78. The van der Waals surface area contributed by atoms with Crippen molar-refractivity contribution in [2.24, 2.45) is 0 Å². The zero-order valence-electron chi connectivity index (χ0n) is 10.8. The first-order valence-electron chi connectivity index (χ1n) is 5.80. The Kier molecular flexibility index (Phi) is 7.34. The van der Waals surface area contributed by atoms with Crippen LogP contribution >= 0.6 is 0 Å². The molecule has 0 rings (SSSR count). The highest BCUT2D eigenvalue weighted by Crippen LogP contribution is 2.17. The molecule has 0 aliphatic rings. The second-order valence-electron chi connectivity index (χ2n) is 4.60. The zero-order chi connectivity index (χ0) is 12.6. The number of hydrogen-bond donors (Lipinski definition) is 1. The molecular formula is C12H24O4. The van der Waals surface area contributed by atoms with E-state index in [2.05, 4.69) is 0 Å². The maximum atomic E-state index is 11.3. The Morgan fingerprint density at radius 1 is 1.44 bits per heavy atom. The lowest BCUT2D eigenvalue weighted by Crippen LogP contribution is -2.30. The normalized spacial score (nSPS) is 13.6. The fraction of sp³-hybridized carbons (Fsp3) is 0.917. The summed E-state index contributed by atoms with van der Waals surface area (Å²) in [4.78, 5) is 11.3. The molecule has 0 spiro atoms. The third-order valence-corrected chi connectivity index (χ3v) is 2.44. The number of ether oxygens (including phenoxy) is 2. The van der Waals surface area contributed by atoms with Gasteiger partial charge in [-0.05, 0) is 20.3 Å². The number of carbonyl (C=O) groups excluding carboxylic acids is 1. The standard InChI is InChI=1S/C12H24O4/c1-5-6-7-16-11(14)8-10(13)9-12(2,3)15-4/h10,13H,5-9H2,1-4H3. The van der Waals surface area contributed by atoms with Crippen molar-refractivity contribution in [2.75, 3.05) is 13.7 Å². The summed E-state index contributed by atoms with van der Waals surface area (Å²) in [6.45, 7) is 6.22. The van der Waals surface area contributed by atoms with E-state index in [4.69, 9.17) is 9.47 Å². The average molecular weight is 232 g/mol. The van der Waals surface area contributed by atoms with Crippen molar-refractivity contribution in [2.45, 2.75) is 58.2 Å². The van der Waals surface area contributed by atoms with Gasteiger partial charge < -0.3 is 14.6 Å². The highest BCUT2D eigenvalue weighted by molar-refractivity contribution is 5.69. The van der Waals surface area contributed by atoms with E-state index in [1.54, 1.807) is 7.11 Å². The Morgan fingerprint density at radius 3 is 2.56 bits per heavy atom. The third-order valence-electron chi connectivity index (χ3n) is 2.44. The van der Waals surface area contributed by atoms with Crippen LogP contribution in [0.1, 0.15) is 46.5 Å². The molecule has 1 atom stereocenters. The Morgan fingerprint density at radius 2 is 2.06 bits per heavy atom. The molecule has 96 valence electrons. The van der Waals surface area contributed by atoms with Gasteiger partial charge in [-0.1, -0.05) is 13.3 Å². The van der Waals surface area contributed by atoms with E-state index in [0.717, 1.165) is 12.8 Å². The molecule has 0 saturated heterocycles. The largest absolute Gasteiger partial charge is 0.466 e. The van der Waals surface area contributed by atoms with Crippen molar-refractivity contribution < 1.29 is 19.4 Å². The number of aliphatic hydroxyl groups is 1. The van der Waals surface area contributed by atoms with Crippen molar-refractivity contribution in [3.63, 3.8) is 0 Å². The van der Waals surface area contributed by atoms with E-state index in [1.165, 1.54) is 0 Å². The summed E-state index contributed by atoms with van der Waals surface area (Å²) < 4.78 is 10.1. The van der Waals surface area contributed by atoms with Crippen LogP contribution in [0.5, 0.6) is 0 Å². The van der Waals surface area contributed by atoms with Crippen LogP contribution in [0.25, 0.3) is 0 Å². The Hall–Kier alpha value is -0.610. The topological polar surface area (TPSA) is 55.8 Å². The van der Waals surface area contributed by atoms with Crippen LogP contribution in [0.2, 0.25) is 0 Å². The van der Waals surface area contributed by atoms with Crippen molar-refractivity contribution in [1.82, 2.24) is 0 Å². The molecule has 4 heteroatoms. The minimum absolute atomic E-state index is 0.0382. The lowest BCUT2D eigenvalue weighted by molar-refractivity contribution is -0.146. The van der Waals surface area contributed by atoms with E-state index in [9.17, 15) is 9.90 Å². The van der Waals surface area contributed by atoms with Gasteiger partial charge in [0.25, 0.3) is 0 Å². The molecule has 1 N–H and O–H groups in total. The monoisotopic (exact) mass is 232 g/mol. The van der Waals surface area contributed by atoms with Crippen LogP contribution in [-0.4, -0.2) is 36.5 Å². The summed E-state index contributed by atoms with van der Waals surface area (Å²) in [6, 6.07) is 0. The van der Waals surface area contributed by atoms with Gasteiger partial charge in [0.2, 0.25) is 0 Å². The SMILES string of the molecule is CCCCOC(=O)CC(O)CC(C)(C)OC. The maximum Gasteiger partial charge on any atom is 0.308 e. The van der Waals surface area contributed by atoms with Crippen molar-refractivity contribution in [3.05, 3.63) is 0 Å². The molecule has 0 aromatic carbocycles. The number of hydrogen-bond acceptors (Lipinski definition) is 4. The summed E-state index contributed by atoms with van der Waals surface area (Å²) in [5.74, 6) is -0.340. The van der Waals surface area contributed by atoms with Gasteiger partial charge in [-0.25, -0.2) is 0 Å². The number of unbranched alkanes of at least 4 members (excludes halogenated alkanes) is 1. The number of aliphatic hydroxyl groups excluding tert-OH is 1. The van der Waals surface area contributed by atoms with Crippen LogP contribution < -0.4 is 0 Å². The summed E-state index contributed by atoms with van der Waals surface area (Å²) in [6.07, 6.45) is 1.62. The van der Waals surface area contributed by atoms with E-state index in [1.807, 2.05) is 20.8 Å². The third kappa shape index (κ3) is 7.65. The van der Waals surface area contributed by atoms with Gasteiger partial charge in [0.15, 0.2) is 0 Å². The van der Waals surface area contributed by atoms with E-state index in [0.29, 0.717) is 13.0 Å². The predicted octanol–water partition coefficient (Wildman–Crippen LogP) is 1.90. The Bertz CT molecular complexity index is 201. The Labute approximate surface area is 97.9 Å². The van der Waals surface area contributed by atoms with Crippen molar-refractivity contribution in [3.8, 4) is 0 Å². The summed E-state index contributed by atoms with van der Waals surface area (Å²) in [5.41, 5.74) is -0.414. The first-order valence-corrected chi connectivity index (χ1v) is 5.80. The summed E-state index contributed by atoms with van der Waals surface area (Å²) in [7, 11) is 1.59. The average Bonchev–Trinajstić information content (AvgIpc) is 2.17. The lowest BCUT2D eigenvalue weighted by atomic mass is 9.99. The van der Waals surface area contributed by atoms with Gasteiger partial charge >= 0.3 is 5.97 Å². The molecule has 0 radical (unpaired) electrons. The molecule has 0 fully saturated rings. The molecular weight excluding hydrogens is 208 g/mol. The van der Waals surface area contributed by atoms with Crippen molar-refractivity contribution in [1.29, 1.82) is 0 Å². The maximum absolute atomic E-state index is 11.3. The highest BCUT2D eigenvalue weighted by atomic mass is 16.5. The molecule has 1 unspecified atom stereocenters. The number of rotatable bonds is 8. The van der Waals surface area contributed by atoms with Gasteiger partial charge in [-0.2, -0.15) is 0 Å². The smallest absolute Gasteiger partial charge is 0.308 e. The molecule has 0 aliphatic carbocycles. The summed E-state index contributed by atoms with van der Waals surface area (Å²) >= 11 is 0. The molecule has 0 aromatic heterocycles. The molecule has 16 heavy (non-hydrogen) atoms. The lowest BCUT2D eigenvalue weighted by Gasteiger charge is -2.25. The van der Waals surface area contributed by atoms with Crippen LogP contribution in [0.4, 0.5) is 0 Å². The minimum Gasteiger partial charge on any atom is -0.466 e. The van der Waals surface area contributed by atoms with Crippen LogP contribution in [0.15, 0.2) is 0 Å². The van der Waals surface area contributed by atoms with E-state index < -0.39 is 11.7 Å². The van der Waals surface area contributed by atoms with Gasteiger partial charge in [-0.15, -0.1) is 0 Å².